The average molecular weight is 802 g/mol. The Hall–Kier alpha value is -1.43. The summed E-state index contributed by atoms with van der Waals surface area (Å²) in [5.41, 5.74) is 0. The number of unbranched alkanes of at least 4 members (excludes halogenated alkanes) is 33. The number of allylic oxidation sites excluding steroid dienone is 5. The van der Waals surface area contributed by atoms with Crippen LogP contribution in [-0.4, -0.2) is 46.1 Å². The summed E-state index contributed by atoms with van der Waals surface area (Å²) in [6, 6.07) is -0.764. The van der Waals surface area contributed by atoms with Crippen LogP contribution in [-0.2, 0) is 4.79 Å². The number of carbonyl (C=O) groups is 1. The van der Waals surface area contributed by atoms with Gasteiger partial charge in [-0.2, -0.15) is 0 Å². The van der Waals surface area contributed by atoms with Crippen molar-refractivity contribution in [2.45, 2.75) is 283 Å². The normalized spacial score (nSPS) is 13.7. The van der Waals surface area contributed by atoms with Crippen molar-refractivity contribution in [2.24, 2.45) is 0 Å². The highest BCUT2D eigenvalue weighted by Gasteiger charge is 2.20. The van der Waals surface area contributed by atoms with Crippen LogP contribution in [0.4, 0.5) is 0 Å². The van der Waals surface area contributed by atoms with E-state index in [1.165, 1.54) is 193 Å². The molecule has 0 saturated heterocycles. The van der Waals surface area contributed by atoms with Crippen LogP contribution in [0.1, 0.15) is 264 Å². The van der Waals surface area contributed by atoms with Crippen molar-refractivity contribution in [3.05, 3.63) is 36.5 Å². The van der Waals surface area contributed by atoms with Gasteiger partial charge < -0.3 is 20.6 Å². The Morgan fingerprint density at radius 1 is 0.439 bits per heavy atom. The third-order valence-corrected chi connectivity index (χ3v) is 11.6. The second kappa shape index (κ2) is 47.3. The molecule has 0 spiro atoms. The maximum atomic E-state index is 12.4. The van der Waals surface area contributed by atoms with Crippen molar-refractivity contribution in [1.82, 2.24) is 5.32 Å². The lowest BCUT2D eigenvalue weighted by atomic mass is 10.0. The van der Waals surface area contributed by atoms with Gasteiger partial charge in [0.15, 0.2) is 0 Å². The quantitative estimate of drug-likeness (QED) is 0.0365. The summed E-state index contributed by atoms with van der Waals surface area (Å²) in [5, 5.41) is 33.2. The number of aliphatic hydroxyl groups excluding tert-OH is 3. The topological polar surface area (TPSA) is 89.8 Å². The molecule has 4 N–H and O–H groups in total. The minimum absolute atomic E-state index is 0.00491. The van der Waals surface area contributed by atoms with E-state index >= 15 is 0 Å². The third-order valence-electron chi connectivity index (χ3n) is 11.6. The summed E-state index contributed by atoms with van der Waals surface area (Å²) >= 11 is 0. The molecule has 0 fully saturated rings. The summed E-state index contributed by atoms with van der Waals surface area (Å²) in [4.78, 5) is 12.4. The van der Waals surface area contributed by atoms with Crippen molar-refractivity contribution in [2.75, 3.05) is 6.61 Å². The summed E-state index contributed by atoms with van der Waals surface area (Å²) in [5.74, 6) is -0.328. The molecule has 0 rings (SSSR count). The smallest absolute Gasteiger partial charge is 0.222 e. The van der Waals surface area contributed by atoms with Crippen LogP contribution < -0.4 is 5.32 Å². The van der Waals surface area contributed by atoms with Crippen LogP contribution in [0.15, 0.2) is 36.5 Å². The van der Waals surface area contributed by atoms with Gasteiger partial charge in [0.05, 0.1) is 31.3 Å². The molecule has 0 aromatic carbocycles. The Morgan fingerprint density at radius 3 is 1.09 bits per heavy atom. The summed E-state index contributed by atoms with van der Waals surface area (Å²) in [7, 11) is 0. The lowest BCUT2D eigenvalue weighted by molar-refractivity contribution is -0.124. The van der Waals surface area contributed by atoms with Gasteiger partial charge in [-0.1, -0.05) is 256 Å². The summed E-state index contributed by atoms with van der Waals surface area (Å²) < 4.78 is 0. The molecule has 0 aromatic rings. The fourth-order valence-corrected chi connectivity index (χ4v) is 7.79. The van der Waals surface area contributed by atoms with E-state index in [1.54, 1.807) is 6.08 Å². The van der Waals surface area contributed by atoms with Gasteiger partial charge in [-0.15, -0.1) is 0 Å². The monoisotopic (exact) mass is 802 g/mol. The Bertz CT molecular complexity index is 885. The fourth-order valence-electron chi connectivity index (χ4n) is 7.79. The Kier molecular flexibility index (Phi) is 46.1. The zero-order chi connectivity index (χ0) is 41.5. The number of hydrogen-bond donors (Lipinski definition) is 4. The van der Waals surface area contributed by atoms with E-state index in [4.69, 9.17) is 0 Å². The molecule has 1 amide bonds. The highest BCUT2D eigenvalue weighted by molar-refractivity contribution is 5.76. The van der Waals surface area contributed by atoms with Crippen LogP contribution >= 0.6 is 0 Å². The molecule has 3 atom stereocenters. The van der Waals surface area contributed by atoms with Crippen molar-refractivity contribution >= 4 is 5.91 Å². The van der Waals surface area contributed by atoms with Gasteiger partial charge >= 0.3 is 0 Å². The molecule has 3 unspecified atom stereocenters. The maximum Gasteiger partial charge on any atom is 0.222 e. The van der Waals surface area contributed by atoms with Gasteiger partial charge in [0.25, 0.3) is 0 Å². The largest absolute Gasteiger partial charge is 0.394 e. The van der Waals surface area contributed by atoms with Gasteiger partial charge in [-0.05, 0) is 38.5 Å². The molecule has 0 aliphatic heterocycles. The first-order chi connectivity index (χ1) is 28.0. The minimum Gasteiger partial charge on any atom is -0.394 e. The molecule has 0 bridgehead atoms. The Balaban J connectivity index is 3.48. The summed E-state index contributed by atoms with van der Waals surface area (Å²) in [6.07, 6.45) is 60.5. The SMILES string of the molecule is CCC/C=C/CC/C=C/CC/C=C/C(O)C(CO)NC(=O)CC(O)CCCCCCCCCCCCCCCCCCCCCCCCCCCCCCCCC. The van der Waals surface area contributed by atoms with E-state index in [2.05, 4.69) is 43.5 Å². The van der Waals surface area contributed by atoms with Crippen molar-refractivity contribution in [3.63, 3.8) is 0 Å². The Labute approximate surface area is 355 Å². The molecule has 57 heavy (non-hydrogen) atoms. The number of amides is 1. The van der Waals surface area contributed by atoms with Crippen LogP contribution in [0, 0.1) is 0 Å². The van der Waals surface area contributed by atoms with Crippen molar-refractivity contribution < 1.29 is 20.1 Å². The fraction of sp³-hybridized carbons (Fsp3) is 0.865. The van der Waals surface area contributed by atoms with Crippen LogP contribution in [0.2, 0.25) is 0 Å². The summed E-state index contributed by atoms with van der Waals surface area (Å²) in [6.45, 7) is 4.13. The second-order valence-electron chi connectivity index (χ2n) is 17.4. The molecule has 0 aromatic heterocycles. The van der Waals surface area contributed by atoms with Gasteiger partial charge in [0, 0.05) is 0 Å². The number of hydrogen-bond acceptors (Lipinski definition) is 4. The lowest BCUT2D eigenvalue weighted by Crippen LogP contribution is -2.45. The first-order valence-electron chi connectivity index (χ1n) is 25.3. The third kappa shape index (κ3) is 44.0. The highest BCUT2D eigenvalue weighted by Crippen LogP contribution is 2.17. The molecule has 0 heterocycles. The number of aliphatic hydroxyl groups is 3. The predicted octanol–water partition coefficient (Wildman–Crippen LogP) is 15.1. The van der Waals surface area contributed by atoms with Crippen molar-refractivity contribution in [1.29, 1.82) is 0 Å². The molecule has 0 aliphatic carbocycles. The standard InChI is InChI=1S/C52H99NO4/c1-3-5-7-9-11-13-15-16-17-18-19-20-21-22-23-24-25-26-27-28-29-30-31-32-33-34-36-37-39-41-43-45-49(55)47-52(57)53-50(48-54)51(56)46-44-42-40-38-35-14-12-10-8-6-4-2/h8,10,35,38,44,46,49-51,54-56H,3-7,9,11-34,36-37,39-43,45,47-48H2,1-2H3,(H,53,57)/b10-8+,38-35+,46-44+. The molecular weight excluding hydrogens is 703 g/mol. The second-order valence-corrected chi connectivity index (χ2v) is 17.4. The van der Waals surface area contributed by atoms with Crippen LogP contribution in [0.3, 0.4) is 0 Å². The van der Waals surface area contributed by atoms with Gasteiger partial charge in [-0.3, -0.25) is 4.79 Å². The van der Waals surface area contributed by atoms with E-state index in [9.17, 15) is 20.1 Å². The van der Waals surface area contributed by atoms with E-state index < -0.39 is 18.2 Å². The van der Waals surface area contributed by atoms with Gasteiger partial charge in [0.1, 0.15) is 0 Å². The molecule has 5 heteroatoms. The first-order valence-corrected chi connectivity index (χ1v) is 25.3. The number of carbonyl (C=O) groups excluding carboxylic acids is 1. The maximum absolute atomic E-state index is 12.4. The average Bonchev–Trinajstić information content (AvgIpc) is 3.20. The zero-order valence-electron chi connectivity index (χ0n) is 38.2. The minimum atomic E-state index is -0.957. The molecular formula is C52H99NO4. The first kappa shape index (κ1) is 55.6. The van der Waals surface area contributed by atoms with Crippen LogP contribution in [0.25, 0.3) is 0 Å². The van der Waals surface area contributed by atoms with E-state index in [0.717, 1.165) is 44.9 Å². The Morgan fingerprint density at radius 2 is 0.754 bits per heavy atom. The molecule has 0 radical (unpaired) electrons. The van der Waals surface area contributed by atoms with E-state index in [1.807, 2.05) is 6.08 Å². The number of nitrogens with one attached hydrogen (secondary N) is 1. The molecule has 0 saturated carbocycles. The number of rotatable bonds is 46. The van der Waals surface area contributed by atoms with Crippen molar-refractivity contribution in [3.8, 4) is 0 Å². The van der Waals surface area contributed by atoms with E-state index in [-0.39, 0.29) is 18.9 Å². The van der Waals surface area contributed by atoms with Gasteiger partial charge in [0.2, 0.25) is 5.91 Å². The van der Waals surface area contributed by atoms with Gasteiger partial charge in [-0.25, -0.2) is 0 Å². The molecule has 0 aliphatic rings. The predicted molar refractivity (Wildman–Crippen MR) is 250 cm³/mol. The molecule has 336 valence electrons. The van der Waals surface area contributed by atoms with Crippen LogP contribution in [0.5, 0.6) is 0 Å². The zero-order valence-corrected chi connectivity index (χ0v) is 38.2. The lowest BCUT2D eigenvalue weighted by Gasteiger charge is -2.21. The van der Waals surface area contributed by atoms with E-state index in [0.29, 0.717) is 6.42 Å². The highest BCUT2D eigenvalue weighted by atomic mass is 16.3. The molecule has 5 nitrogen and oxygen atoms in total.